The number of nitrogens with one attached hydrogen (secondary N) is 1. The van der Waals surface area contributed by atoms with Crippen molar-refractivity contribution in [3.8, 4) is 23.7 Å². The van der Waals surface area contributed by atoms with E-state index in [2.05, 4.69) is 39.8 Å². The van der Waals surface area contributed by atoms with Gasteiger partial charge in [0.05, 0.1) is 11.8 Å². The highest BCUT2D eigenvalue weighted by atomic mass is 32.2. The summed E-state index contributed by atoms with van der Waals surface area (Å²) < 4.78 is 2.10. The van der Waals surface area contributed by atoms with Crippen molar-refractivity contribution in [2.24, 2.45) is 0 Å². The van der Waals surface area contributed by atoms with E-state index in [4.69, 9.17) is 6.42 Å². The number of aromatic nitrogens is 3. The number of hydrogen-bond donors (Lipinski definition) is 1. The first-order valence-corrected chi connectivity index (χ1v) is 8.84. The molecular formula is C18H22N4OS. The third-order valence-electron chi connectivity index (χ3n) is 3.74. The minimum absolute atomic E-state index is 0.0992. The molecule has 126 valence electrons. The number of rotatable bonds is 7. The maximum atomic E-state index is 12.0. The van der Waals surface area contributed by atoms with Crippen molar-refractivity contribution in [1.82, 2.24) is 20.1 Å². The van der Waals surface area contributed by atoms with Crippen molar-refractivity contribution in [3.05, 3.63) is 30.3 Å². The van der Waals surface area contributed by atoms with Crippen molar-refractivity contribution in [2.45, 2.75) is 43.6 Å². The number of nitrogens with zero attached hydrogens (tertiary/aromatic N) is 3. The molecule has 0 bridgehead atoms. The van der Waals surface area contributed by atoms with E-state index in [9.17, 15) is 4.79 Å². The Labute approximate surface area is 147 Å². The van der Waals surface area contributed by atoms with E-state index < -0.39 is 0 Å². The summed E-state index contributed by atoms with van der Waals surface area (Å²) in [6, 6.07) is 10.2. The van der Waals surface area contributed by atoms with E-state index in [1.54, 1.807) is 0 Å². The van der Waals surface area contributed by atoms with Crippen LogP contribution in [0.5, 0.6) is 0 Å². The predicted molar refractivity (Wildman–Crippen MR) is 97.6 cm³/mol. The number of terminal acetylenes is 1. The maximum absolute atomic E-state index is 12.0. The van der Waals surface area contributed by atoms with E-state index in [1.165, 1.54) is 11.8 Å². The Morgan fingerprint density at radius 2 is 2.04 bits per heavy atom. The van der Waals surface area contributed by atoms with Gasteiger partial charge < -0.3 is 5.32 Å². The van der Waals surface area contributed by atoms with Gasteiger partial charge in [0.15, 0.2) is 11.0 Å². The fraction of sp³-hybridized carbons (Fsp3) is 0.389. The van der Waals surface area contributed by atoms with Gasteiger partial charge in [0.1, 0.15) is 0 Å². The normalized spacial score (nSPS) is 13.1. The zero-order chi connectivity index (χ0) is 17.5. The number of carbonyl (C=O) groups is 1. The Morgan fingerprint density at radius 3 is 2.67 bits per heavy atom. The lowest BCUT2D eigenvalue weighted by Crippen LogP contribution is -2.31. The van der Waals surface area contributed by atoms with Gasteiger partial charge in [-0.2, -0.15) is 0 Å². The average Bonchev–Trinajstić information content (AvgIpc) is 3.03. The van der Waals surface area contributed by atoms with Gasteiger partial charge in [-0.15, -0.1) is 16.6 Å². The van der Waals surface area contributed by atoms with Gasteiger partial charge in [-0.1, -0.05) is 54.9 Å². The molecule has 5 nitrogen and oxygen atoms in total. The highest BCUT2D eigenvalue weighted by molar-refractivity contribution is 8.00. The van der Waals surface area contributed by atoms with Crippen molar-refractivity contribution >= 4 is 17.7 Å². The highest BCUT2D eigenvalue weighted by Crippen LogP contribution is 2.30. The topological polar surface area (TPSA) is 59.8 Å². The summed E-state index contributed by atoms with van der Waals surface area (Å²) in [6.07, 6.45) is 6.13. The van der Waals surface area contributed by atoms with Gasteiger partial charge in [-0.05, 0) is 20.3 Å². The van der Waals surface area contributed by atoms with Crippen molar-refractivity contribution in [2.75, 3.05) is 6.54 Å². The van der Waals surface area contributed by atoms with Crippen LogP contribution in [0.4, 0.5) is 0 Å². The fourth-order valence-electron chi connectivity index (χ4n) is 2.21. The first-order valence-electron chi connectivity index (χ1n) is 7.96. The third kappa shape index (κ3) is 4.18. The molecule has 24 heavy (non-hydrogen) atoms. The average molecular weight is 342 g/mol. The molecule has 1 amide bonds. The lowest BCUT2D eigenvalue weighted by Gasteiger charge is -2.18. The molecule has 0 fully saturated rings. The van der Waals surface area contributed by atoms with Crippen LogP contribution >= 0.6 is 11.8 Å². The molecule has 0 radical (unpaired) electrons. The van der Waals surface area contributed by atoms with Crippen LogP contribution in [0.15, 0.2) is 35.5 Å². The number of carbonyl (C=O) groups excluding carboxylic acids is 1. The van der Waals surface area contributed by atoms with Crippen LogP contribution in [-0.2, 0) is 4.79 Å². The minimum Gasteiger partial charge on any atom is -0.344 e. The van der Waals surface area contributed by atoms with Gasteiger partial charge in [-0.3, -0.25) is 9.36 Å². The van der Waals surface area contributed by atoms with Gasteiger partial charge in [0.25, 0.3) is 0 Å². The van der Waals surface area contributed by atoms with E-state index in [0.29, 0.717) is 0 Å². The zero-order valence-electron chi connectivity index (χ0n) is 14.2. The molecule has 0 saturated carbocycles. The van der Waals surface area contributed by atoms with Gasteiger partial charge in [0, 0.05) is 11.6 Å². The number of thioether (sulfide) groups is 1. The first kappa shape index (κ1) is 18.1. The highest BCUT2D eigenvalue weighted by Gasteiger charge is 2.22. The van der Waals surface area contributed by atoms with Crippen LogP contribution in [-0.4, -0.2) is 32.5 Å². The molecule has 1 aromatic heterocycles. The zero-order valence-corrected chi connectivity index (χ0v) is 15.0. The third-order valence-corrected chi connectivity index (χ3v) is 4.80. The molecule has 0 aliphatic carbocycles. The van der Waals surface area contributed by atoms with Crippen LogP contribution in [0.25, 0.3) is 11.4 Å². The molecule has 0 unspecified atom stereocenters. The summed E-state index contributed by atoms with van der Waals surface area (Å²) in [4.78, 5) is 12.0. The quantitative estimate of drug-likeness (QED) is 0.620. The lowest BCUT2D eigenvalue weighted by molar-refractivity contribution is -0.120. The second kappa shape index (κ2) is 8.55. The van der Waals surface area contributed by atoms with Crippen molar-refractivity contribution < 1.29 is 4.79 Å². The molecule has 1 heterocycles. The van der Waals surface area contributed by atoms with E-state index >= 15 is 0 Å². The fourth-order valence-corrected chi connectivity index (χ4v) is 3.19. The summed E-state index contributed by atoms with van der Waals surface area (Å²) >= 11 is 1.40. The van der Waals surface area contributed by atoms with E-state index in [1.807, 2.05) is 37.3 Å². The Kier molecular flexibility index (Phi) is 6.44. The van der Waals surface area contributed by atoms with Crippen LogP contribution < -0.4 is 5.32 Å². The molecular weight excluding hydrogens is 320 g/mol. The number of amides is 1. The Morgan fingerprint density at radius 1 is 1.33 bits per heavy atom. The largest absolute Gasteiger partial charge is 0.344 e. The van der Waals surface area contributed by atoms with Crippen molar-refractivity contribution in [3.63, 3.8) is 0 Å². The molecule has 2 atom stereocenters. The summed E-state index contributed by atoms with van der Waals surface area (Å²) in [6.45, 7) is 6.32. The molecule has 0 spiro atoms. The molecule has 1 N–H and O–H groups in total. The second-order valence-corrected chi connectivity index (χ2v) is 6.79. The maximum Gasteiger partial charge on any atom is 0.234 e. The molecule has 0 saturated heterocycles. The molecule has 0 aliphatic heterocycles. The lowest BCUT2D eigenvalue weighted by atomic mass is 10.2. The summed E-state index contributed by atoms with van der Waals surface area (Å²) in [5.41, 5.74) is 1.02. The predicted octanol–water partition coefficient (Wildman–Crippen LogP) is 3.15. The van der Waals surface area contributed by atoms with E-state index in [0.717, 1.165) is 23.0 Å². The van der Waals surface area contributed by atoms with Gasteiger partial charge in [0.2, 0.25) is 5.91 Å². The molecule has 6 heteroatoms. The smallest absolute Gasteiger partial charge is 0.234 e. The molecule has 2 aromatic rings. The second-order valence-electron chi connectivity index (χ2n) is 5.48. The standard InChI is InChI=1S/C18H22N4OS/c1-5-12-19-17(23)14(4)24-18-21-20-16(22(18)13(3)6-2)15-10-8-7-9-11-15/h1,7-11,13-14H,6,12H2,2-4H3,(H,19,23)/t13-,14-/m0/s1. The minimum atomic E-state index is -0.297. The van der Waals surface area contributed by atoms with Gasteiger partial charge >= 0.3 is 0 Å². The van der Waals surface area contributed by atoms with Crippen molar-refractivity contribution in [1.29, 1.82) is 0 Å². The molecule has 0 aliphatic rings. The number of hydrogen-bond acceptors (Lipinski definition) is 4. The van der Waals surface area contributed by atoms with Gasteiger partial charge in [-0.25, -0.2) is 0 Å². The molecule has 1 aromatic carbocycles. The van der Waals surface area contributed by atoms with Crippen LogP contribution in [0.3, 0.4) is 0 Å². The summed E-state index contributed by atoms with van der Waals surface area (Å²) in [7, 11) is 0. The Hall–Kier alpha value is -2.26. The Bertz CT molecular complexity index is 720. The first-order chi connectivity index (χ1) is 11.6. The summed E-state index contributed by atoms with van der Waals surface area (Å²) in [5, 5.41) is 11.8. The SMILES string of the molecule is C#CCNC(=O)[C@H](C)Sc1nnc(-c2ccccc2)n1[C@@H](C)CC. The molecule has 2 rings (SSSR count). The van der Waals surface area contributed by atoms with Crippen LogP contribution in [0.2, 0.25) is 0 Å². The van der Waals surface area contributed by atoms with Crippen LogP contribution in [0.1, 0.15) is 33.2 Å². The number of benzene rings is 1. The van der Waals surface area contributed by atoms with E-state index in [-0.39, 0.29) is 23.7 Å². The summed E-state index contributed by atoms with van der Waals surface area (Å²) in [5.74, 6) is 3.13. The monoisotopic (exact) mass is 342 g/mol. The Balaban J connectivity index is 2.29. The van der Waals surface area contributed by atoms with Crippen LogP contribution in [0, 0.1) is 12.3 Å².